The van der Waals surface area contributed by atoms with Crippen LogP contribution in [-0.2, 0) is 9.59 Å². The second-order valence-corrected chi connectivity index (χ2v) is 3.66. The van der Waals surface area contributed by atoms with Gasteiger partial charge in [-0.1, -0.05) is 30.3 Å². The number of aliphatic carboxylic acids is 1. The Morgan fingerprint density at radius 3 is 2.38 bits per heavy atom. The van der Waals surface area contributed by atoms with E-state index < -0.39 is 12.4 Å². The van der Waals surface area contributed by atoms with Crippen molar-refractivity contribution in [2.75, 3.05) is 7.05 Å². The number of hydrogen-bond acceptors (Lipinski definition) is 2. The minimum absolute atomic E-state index is 0.118. The van der Waals surface area contributed by atoms with E-state index in [2.05, 4.69) is 0 Å². The van der Waals surface area contributed by atoms with E-state index in [0.29, 0.717) is 0 Å². The van der Waals surface area contributed by atoms with Gasteiger partial charge >= 0.3 is 5.97 Å². The summed E-state index contributed by atoms with van der Waals surface area (Å²) in [6, 6.07) is 9.38. The molecule has 1 N–H and O–H groups in total. The first-order chi connectivity index (χ1) is 7.52. The van der Waals surface area contributed by atoms with Crippen molar-refractivity contribution in [2.24, 2.45) is 0 Å². The van der Waals surface area contributed by atoms with Gasteiger partial charge in [0.15, 0.2) is 0 Å². The summed E-state index contributed by atoms with van der Waals surface area (Å²) in [7, 11) is 1.61. The van der Waals surface area contributed by atoms with Gasteiger partial charge in [-0.3, -0.25) is 9.59 Å². The van der Waals surface area contributed by atoms with Gasteiger partial charge < -0.3 is 10.0 Å². The van der Waals surface area contributed by atoms with Crippen LogP contribution in [0.3, 0.4) is 0 Å². The summed E-state index contributed by atoms with van der Waals surface area (Å²) in [5.41, 5.74) is 0.990. The van der Waals surface area contributed by atoms with Crippen LogP contribution >= 0.6 is 0 Å². The average molecular weight is 221 g/mol. The van der Waals surface area contributed by atoms with E-state index in [1.165, 1.54) is 4.90 Å². The van der Waals surface area contributed by atoms with Crippen LogP contribution in [0, 0.1) is 0 Å². The number of carboxylic acids is 1. The molecule has 16 heavy (non-hydrogen) atoms. The molecule has 0 heterocycles. The highest BCUT2D eigenvalue weighted by molar-refractivity contribution is 5.93. The largest absolute Gasteiger partial charge is 0.481 e. The Balaban J connectivity index is 2.71. The number of carbonyl (C=O) groups is 2. The lowest BCUT2D eigenvalue weighted by Crippen LogP contribution is -2.31. The van der Waals surface area contributed by atoms with Gasteiger partial charge in [-0.05, 0) is 12.5 Å². The highest BCUT2D eigenvalue weighted by Crippen LogP contribution is 2.18. The number of rotatable bonds is 4. The smallest absolute Gasteiger partial charge is 0.312 e. The lowest BCUT2D eigenvalue weighted by Gasteiger charge is -2.24. The molecule has 0 saturated heterocycles. The maximum Gasteiger partial charge on any atom is 0.312 e. The van der Waals surface area contributed by atoms with Crippen LogP contribution in [0.15, 0.2) is 30.3 Å². The molecule has 1 aromatic carbocycles. The molecule has 0 aliphatic carbocycles. The molecular formula is C12H15NO3. The maximum absolute atomic E-state index is 11.5. The van der Waals surface area contributed by atoms with Crippen molar-refractivity contribution in [1.82, 2.24) is 4.90 Å². The minimum Gasteiger partial charge on any atom is -0.481 e. The quantitative estimate of drug-likeness (QED) is 0.787. The Morgan fingerprint density at radius 1 is 1.31 bits per heavy atom. The lowest BCUT2D eigenvalue weighted by atomic mass is 10.1. The van der Waals surface area contributed by atoms with Crippen LogP contribution in [0.25, 0.3) is 0 Å². The summed E-state index contributed by atoms with van der Waals surface area (Å²) in [5.74, 6) is -1.49. The molecule has 0 bridgehead atoms. The van der Waals surface area contributed by atoms with E-state index in [9.17, 15) is 9.59 Å². The van der Waals surface area contributed by atoms with Crippen molar-refractivity contribution in [3.8, 4) is 0 Å². The van der Waals surface area contributed by atoms with Gasteiger partial charge in [0.2, 0.25) is 5.91 Å². The Bertz CT molecular complexity index is 375. The number of carboxylic acid groups (broad SMARTS) is 1. The molecule has 1 aromatic rings. The third kappa shape index (κ3) is 3.08. The molecule has 86 valence electrons. The molecule has 1 unspecified atom stereocenters. The van der Waals surface area contributed by atoms with Crippen molar-refractivity contribution in [1.29, 1.82) is 0 Å². The molecule has 0 saturated carbocycles. The summed E-state index contributed by atoms with van der Waals surface area (Å²) in [5, 5.41) is 8.54. The van der Waals surface area contributed by atoms with Crippen LogP contribution in [-0.4, -0.2) is 28.9 Å². The Morgan fingerprint density at radius 2 is 1.88 bits per heavy atom. The zero-order valence-corrected chi connectivity index (χ0v) is 9.38. The SMILES string of the molecule is CC(c1ccccc1)N(C)C(=O)CC(=O)O. The zero-order valence-electron chi connectivity index (χ0n) is 9.38. The van der Waals surface area contributed by atoms with Gasteiger partial charge in [0.05, 0.1) is 6.04 Å². The van der Waals surface area contributed by atoms with Crippen LogP contribution < -0.4 is 0 Å². The molecule has 0 aliphatic rings. The van der Waals surface area contributed by atoms with E-state index in [1.54, 1.807) is 7.05 Å². The Hall–Kier alpha value is -1.84. The molecule has 4 heteroatoms. The second kappa shape index (κ2) is 5.30. The van der Waals surface area contributed by atoms with Gasteiger partial charge in [-0.2, -0.15) is 0 Å². The molecule has 1 amide bonds. The minimum atomic E-state index is -1.10. The molecule has 0 aromatic heterocycles. The topological polar surface area (TPSA) is 57.6 Å². The molecule has 0 aliphatic heterocycles. The van der Waals surface area contributed by atoms with E-state index in [0.717, 1.165) is 5.56 Å². The standard InChI is InChI=1S/C12H15NO3/c1-9(10-6-4-3-5-7-10)13(2)11(14)8-12(15)16/h3-7,9H,8H2,1-2H3,(H,15,16). The van der Waals surface area contributed by atoms with Gasteiger partial charge in [0.1, 0.15) is 6.42 Å². The third-order valence-corrected chi connectivity index (χ3v) is 2.56. The maximum atomic E-state index is 11.5. The van der Waals surface area contributed by atoms with Gasteiger partial charge in [0.25, 0.3) is 0 Å². The predicted octanol–water partition coefficient (Wildman–Crippen LogP) is 1.68. The molecule has 1 atom stereocenters. The Kier molecular flexibility index (Phi) is 4.05. The van der Waals surface area contributed by atoms with Gasteiger partial charge in [-0.25, -0.2) is 0 Å². The second-order valence-electron chi connectivity index (χ2n) is 3.66. The summed E-state index contributed by atoms with van der Waals surface area (Å²) < 4.78 is 0. The van der Waals surface area contributed by atoms with Crippen molar-refractivity contribution in [3.05, 3.63) is 35.9 Å². The molecule has 0 fully saturated rings. The van der Waals surface area contributed by atoms with Crippen LogP contribution in [0.1, 0.15) is 24.9 Å². The molecule has 0 spiro atoms. The predicted molar refractivity (Wildman–Crippen MR) is 59.9 cm³/mol. The fraction of sp³-hybridized carbons (Fsp3) is 0.333. The summed E-state index contributed by atoms with van der Waals surface area (Å²) in [4.78, 5) is 23.4. The fourth-order valence-corrected chi connectivity index (χ4v) is 1.43. The van der Waals surface area contributed by atoms with Gasteiger partial charge in [-0.15, -0.1) is 0 Å². The van der Waals surface area contributed by atoms with E-state index in [4.69, 9.17) is 5.11 Å². The molecule has 0 radical (unpaired) electrons. The number of amides is 1. The first-order valence-corrected chi connectivity index (χ1v) is 5.04. The number of hydrogen-bond donors (Lipinski definition) is 1. The highest BCUT2D eigenvalue weighted by Gasteiger charge is 2.19. The van der Waals surface area contributed by atoms with Crippen LogP contribution in [0.2, 0.25) is 0 Å². The van der Waals surface area contributed by atoms with Crippen LogP contribution in [0.5, 0.6) is 0 Å². The monoisotopic (exact) mass is 221 g/mol. The number of carbonyl (C=O) groups excluding carboxylic acids is 1. The van der Waals surface area contributed by atoms with E-state index >= 15 is 0 Å². The van der Waals surface area contributed by atoms with E-state index in [1.807, 2.05) is 37.3 Å². The summed E-state index contributed by atoms with van der Waals surface area (Å²) >= 11 is 0. The van der Waals surface area contributed by atoms with Crippen molar-refractivity contribution < 1.29 is 14.7 Å². The molecular weight excluding hydrogens is 206 g/mol. The van der Waals surface area contributed by atoms with E-state index in [-0.39, 0.29) is 11.9 Å². The first-order valence-electron chi connectivity index (χ1n) is 5.04. The normalized spacial score (nSPS) is 11.9. The third-order valence-electron chi connectivity index (χ3n) is 2.56. The highest BCUT2D eigenvalue weighted by atomic mass is 16.4. The van der Waals surface area contributed by atoms with Crippen molar-refractivity contribution >= 4 is 11.9 Å². The Labute approximate surface area is 94.5 Å². The summed E-state index contributed by atoms with van der Waals surface area (Å²) in [6.45, 7) is 1.87. The number of benzene rings is 1. The molecule has 4 nitrogen and oxygen atoms in total. The number of nitrogens with zero attached hydrogens (tertiary/aromatic N) is 1. The lowest BCUT2D eigenvalue weighted by molar-refractivity contribution is -0.144. The average Bonchev–Trinajstić information content (AvgIpc) is 2.27. The van der Waals surface area contributed by atoms with Crippen molar-refractivity contribution in [3.63, 3.8) is 0 Å². The summed E-state index contributed by atoms with van der Waals surface area (Å²) in [6.07, 6.45) is -0.465. The van der Waals surface area contributed by atoms with Crippen molar-refractivity contribution in [2.45, 2.75) is 19.4 Å². The first kappa shape index (κ1) is 12.2. The molecule has 1 rings (SSSR count). The van der Waals surface area contributed by atoms with Gasteiger partial charge in [0, 0.05) is 7.05 Å². The fourth-order valence-electron chi connectivity index (χ4n) is 1.43. The van der Waals surface area contributed by atoms with Crippen LogP contribution in [0.4, 0.5) is 0 Å². The zero-order chi connectivity index (χ0) is 12.1.